The SMILES string of the molecule is NC(=O)c1cc2ccc(O)cc2oc1=Nc1ccc(Cl)cc1F. The quantitative estimate of drug-likeness (QED) is 0.754. The highest BCUT2D eigenvalue weighted by Crippen LogP contribution is 2.22. The topological polar surface area (TPSA) is 88.8 Å². The molecule has 0 aliphatic rings. The van der Waals surface area contributed by atoms with Crippen LogP contribution in [0.15, 0.2) is 51.9 Å². The second-order valence-corrected chi connectivity index (χ2v) is 5.20. The van der Waals surface area contributed by atoms with E-state index in [0.29, 0.717) is 5.39 Å². The van der Waals surface area contributed by atoms with Gasteiger partial charge >= 0.3 is 0 Å². The van der Waals surface area contributed by atoms with Crippen LogP contribution in [0, 0.1) is 5.82 Å². The fourth-order valence-corrected chi connectivity index (χ4v) is 2.21. The van der Waals surface area contributed by atoms with Crippen LogP contribution in [0.25, 0.3) is 11.0 Å². The maximum absolute atomic E-state index is 13.9. The first-order valence-corrected chi connectivity index (χ1v) is 6.88. The molecule has 3 aromatic rings. The largest absolute Gasteiger partial charge is 0.508 e. The number of carbonyl (C=O) groups excluding carboxylic acids is 1. The number of hydrogen-bond donors (Lipinski definition) is 2. The van der Waals surface area contributed by atoms with Gasteiger partial charge in [-0.3, -0.25) is 4.79 Å². The average molecular weight is 333 g/mol. The third-order valence-corrected chi connectivity index (χ3v) is 3.37. The first kappa shape index (κ1) is 15.1. The van der Waals surface area contributed by atoms with E-state index in [-0.39, 0.29) is 33.2 Å². The van der Waals surface area contributed by atoms with Gasteiger partial charge in [0.05, 0.1) is 0 Å². The molecule has 1 heterocycles. The van der Waals surface area contributed by atoms with Gasteiger partial charge in [0.15, 0.2) is 0 Å². The van der Waals surface area contributed by atoms with Crippen molar-refractivity contribution in [3.63, 3.8) is 0 Å². The zero-order valence-corrected chi connectivity index (χ0v) is 12.3. The second-order valence-electron chi connectivity index (χ2n) is 4.76. The molecular formula is C16H10ClFN2O3. The minimum Gasteiger partial charge on any atom is -0.508 e. The van der Waals surface area contributed by atoms with Gasteiger partial charge in [0, 0.05) is 16.5 Å². The van der Waals surface area contributed by atoms with Crippen molar-refractivity contribution in [2.75, 3.05) is 0 Å². The Morgan fingerprint density at radius 2 is 2.00 bits per heavy atom. The third-order valence-electron chi connectivity index (χ3n) is 3.13. The standard InChI is InChI=1S/C16H10ClFN2O3/c17-9-2-4-13(12(18)6-9)20-16-11(15(19)22)5-8-1-3-10(21)7-14(8)23-16/h1-7,21H,(H2,19,22). The number of benzene rings is 2. The van der Waals surface area contributed by atoms with Crippen LogP contribution >= 0.6 is 11.6 Å². The van der Waals surface area contributed by atoms with E-state index in [0.717, 1.165) is 6.07 Å². The molecule has 0 unspecified atom stereocenters. The van der Waals surface area contributed by atoms with Gasteiger partial charge in [-0.15, -0.1) is 0 Å². The molecule has 3 rings (SSSR count). The van der Waals surface area contributed by atoms with E-state index in [4.69, 9.17) is 21.8 Å². The minimum absolute atomic E-state index is 0.00228. The highest BCUT2D eigenvalue weighted by Gasteiger charge is 2.11. The average Bonchev–Trinajstić information content (AvgIpc) is 2.49. The number of phenols is 1. The number of primary amides is 1. The maximum atomic E-state index is 13.9. The van der Waals surface area contributed by atoms with Crippen molar-refractivity contribution in [2.45, 2.75) is 0 Å². The maximum Gasteiger partial charge on any atom is 0.254 e. The lowest BCUT2D eigenvalue weighted by molar-refractivity contribution is 0.0996. The van der Waals surface area contributed by atoms with Crippen molar-refractivity contribution in [3.8, 4) is 5.75 Å². The number of phenolic OH excluding ortho intramolecular Hbond substituents is 1. The first-order valence-electron chi connectivity index (χ1n) is 6.50. The van der Waals surface area contributed by atoms with Crippen LogP contribution < -0.4 is 11.3 Å². The summed E-state index contributed by atoms with van der Waals surface area (Å²) < 4.78 is 19.4. The molecule has 0 aliphatic carbocycles. The van der Waals surface area contributed by atoms with E-state index < -0.39 is 11.7 Å². The fraction of sp³-hybridized carbons (Fsp3) is 0. The predicted molar refractivity (Wildman–Crippen MR) is 83.0 cm³/mol. The fourth-order valence-electron chi connectivity index (χ4n) is 2.05. The van der Waals surface area contributed by atoms with E-state index >= 15 is 0 Å². The number of aromatic hydroxyl groups is 1. The zero-order valence-electron chi connectivity index (χ0n) is 11.6. The van der Waals surface area contributed by atoms with Crippen LogP contribution in [0.1, 0.15) is 10.4 Å². The molecule has 5 nitrogen and oxygen atoms in total. The molecule has 116 valence electrons. The first-order chi connectivity index (χ1) is 10.9. The molecule has 0 saturated heterocycles. The van der Waals surface area contributed by atoms with Gasteiger partial charge in [0.2, 0.25) is 5.55 Å². The van der Waals surface area contributed by atoms with Gasteiger partial charge < -0.3 is 15.3 Å². The monoisotopic (exact) mass is 332 g/mol. The van der Waals surface area contributed by atoms with Crippen LogP contribution in [0.2, 0.25) is 5.02 Å². The Labute approximate surface area is 134 Å². The summed E-state index contributed by atoms with van der Waals surface area (Å²) in [6.45, 7) is 0. The Kier molecular flexibility index (Phi) is 3.75. The normalized spacial score (nSPS) is 11.8. The Hall–Kier alpha value is -2.86. The summed E-state index contributed by atoms with van der Waals surface area (Å²) in [7, 11) is 0. The Morgan fingerprint density at radius 3 is 2.70 bits per heavy atom. The van der Waals surface area contributed by atoms with Crippen LogP contribution in [0.4, 0.5) is 10.1 Å². The Balaban J connectivity index is 2.31. The summed E-state index contributed by atoms with van der Waals surface area (Å²) in [6, 6.07) is 9.73. The van der Waals surface area contributed by atoms with Crippen LogP contribution in [-0.4, -0.2) is 11.0 Å². The summed E-state index contributed by atoms with van der Waals surface area (Å²) in [5.74, 6) is -1.45. The number of halogens is 2. The van der Waals surface area contributed by atoms with Crippen LogP contribution in [0.5, 0.6) is 5.75 Å². The van der Waals surface area contributed by atoms with Crippen LogP contribution in [0.3, 0.4) is 0 Å². The number of amides is 1. The highest BCUT2D eigenvalue weighted by atomic mass is 35.5. The van der Waals surface area contributed by atoms with Crippen molar-refractivity contribution in [2.24, 2.45) is 10.7 Å². The Morgan fingerprint density at radius 1 is 1.22 bits per heavy atom. The number of fused-ring (bicyclic) bond motifs is 1. The Bertz CT molecular complexity index is 998. The van der Waals surface area contributed by atoms with Crippen molar-refractivity contribution in [1.82, 2.24) is 0 Å². The highest BCUT2D eigenvalue weighted by molar-refractivity contribution is 6.30. The molecular weight excluding hydrogens is 323 g/mol. The number of nitrogens with zero attached hydrogens (tertiary/aromatic N) is 1. The van der Waals surface area contributed by atoms with Crippen molar-refractivity contribution in [3.05, 3.63) is 64.4 Å². The summed E-state index contributed by atoms with van der Waals surface area (Å²) in [5.41, 5.74) is 5.40. The molecule has 0 radical (unpaired) electrons. The van der Waals surface area contributed by atoms with Crippen molar-refractivity contribution >= 4 is 34.2 Å². The molecule has 0 spiro atoms. The van der Waals surface area contributed by atoms with E-state index in [1.807, 2.05) is 0 Å². The molecule has 23 heavy (non-hydrogen) atoms. The van der Waals surface area contributed by atoms with E-state index in [1.165, 1.54) is 30.3 Å². The molecule has 0 aliphatic heterocycles. The van der Waals surface area contributed by atoms with Crippen molar-refractivity contribution < 1.29 is 18.7 Å². The van der Waals surface area contributed by atoms with Gasteiger partial charge in [0.1, 0.15) is 28.4 Å². The van der Waals surface area contributed by atoms with Crippen molar-refractivity contribution in [1.29, 1.82) is 0 Å². The number of hydrogen-bond acceptors (Lipinski definition) is 4. The molecule has 1 aromatic heterocycles. The number of rotatable bonds is 2. The lowest BCUT2D eigenvalue weighted by atomic mass is 10.1. The molecule has 0 saturated carbocycles. The van der Waals surface area contributed by atoms with Gasteiger partial charge in [-0.1, -0.05) is 11.6 Å². The summed E-state index contributed by atoms with van der Waals surface area (Å²) in [5, 5.41) is 10.3. The number of nitrogens with two attached hydrogens (primary N) is 1. The molecule has 2 aromatic carbocycles. The third kappa shape index (κ3) is 3.02. The predicted octanol–water partition coefficient (Wildman–Crippen LogP) is 3.26. The van der Waals surface area contributed by atoms with Crippen LogP contribution in [-0.2, 0) is 0 Å². The van der Waals surface area contributed by atoms with Gasteiger partial charge in [-0.05, 0) is 36.4 Å². The minimum atomic E-state index is -0.767. The molecule has 7 heteroatoms. The molecule has 3 N–H and O–H groups in total. The smallest absolute Gasteiger partial charge is 0.254 e. The summed E-state index contributed by atoms with van der Waals surface area (Å²) in [6.07, 6.45) is 0. The lowest BCUT2D eigenvalue weighted by Crippen LogP contribution is -2.21. The zero-order chi connectivity index (χ0) is 16.6. The molecule has 1 amide bonds. The summed E-state index contributed by atoms with van der Waals surface area (Å²) in [4.78, 5) is 15.6. The lowest BCUT2D eigenvalue weighted by Gasteiger charge is -2.03. The second kappa shape index (κ2) is 5.73. The molecule has 0 fully saturated rings. The van der Waals surface area contributed by atoms with Gasteiger partial charge in [-0.25, -0.2) is 9.38 Å². The molecule has 0 atom stereocenters. The van der Waals surface area contributed by atoms with Gasteiger partial charge in [-0.2, -0.15) is 0 Å². The van der Waals surface area contributed by atoms with E-state index in [9.17, 15) is 14.3 Å². The van der Waals surface area contributed by atoms with Gasteiger partial charge in [0.25, 0.3) is 5.91 Å². The number of carbonyl (C=O) groups is 1. The van der Waals surface area contributed by atoms with E-state index in [1.54, 1.807) is 6.07 Å². The molecule has 0 bridgehead atoms. The van der Waals surface area contributed by atoms with E-state index in [2.05, 4.69) is 4.99 Å². The summed E-state index contributed by atoms with van der Waals surface area (Å²) >= 11 is 5.69.